The van der Waals surface area contributed by atoms with Crippen LogP contribution in [-0.2, 0) is 6.42 Å². The summed E-state index contributed by atoms with van der Waals surface area (Å²) in [5.41, 5.74) is 5.00. The Hall–Kier alpha value is -1.89. The molecule has 1 aromatic heterocycles. The maximum absolute atomic E-state index is 4.16. The lowest BCUT2D eigenvalue weighted by molar-refractivity contribution is 0.920. The van der Waals surface area contributed by atoms with E-state index in [1.807, 2.05) is 18.3 Å². The van der Waals surface area contributed by atoms with Gasteiger partial charge in [0.1, 0.15) is 0 Å². The smallest absolute Gasteiger partial charge is 0.0346 e. The van der Waals surface area contributed by atoms with E-state index in [0.717, 1.165) is 12.8 Å². The second-order valence-corrected chi connectivity index (χ2v) is 4.11. The third-order valence-corrected chi connectivity index (χ3v) is 2.88. The van der Waals surface area contributed by atoms with Crippen LogP contribution in [0.4, 0.5) is 0 Å². The molecule has 86 valence electrons. The monoisotopic (exact) mass is 223 g/mol. The molecule has 0 amide bonds. The van der Waals surface area contributed by atoms with Crippen LogP contribution in [0.3, 0.4) is 0 Å². The van der Waals surface area contributed by atoms with Gasteiger partial charge in [0.15, 0.2) is 0 Å². The fourth-order valence-electron chi connectivity index (χ4n) is 2.00. The molecule has 2 rings (SSSR count). The van der Waals surface area contributed by atoms with Gasteiger partial charge in [-0.05, 0) is 34.7 Å². The highest BCUT2D eigenvalue weighted by Crippen LogP contribution is 2.23. The molecule has 0 saturated heterocycles. The Labute approximate surface area is 103 Å². The largest absolute Gasteiger partial charge is 0.264 e. The number of pyridine rings is 1. The number of benzene rings is 1. The van der Waals surface area contributed by atoms with Gasteiger partial charge in [-0.25, -0.2) is 0 Å². The molecule has 1 heterocycles. The van der Waals surface area contributed by atoms with Gasteiger partial charge in [-0.3, -0.25) is 4.98 Å². The van der Waals surface area contributed by atoms with Crippen LogP contribution in [0, 0.1) is 0 Å². The summed E-state index contributed by atoms with van der Waals surface area (Å²) in [7, 11) is 0. The average Bonchev–Trinajstić information content (AvgIpc) is 2.40. The second kappa shape index (κ2) is 5.44. The maximum atomic E-state index is 4.16. The molecule has 1 nitrogen and oxygen atoms in total. The summed E-state index contributed by atoms with van der Waals surface area (Å²) < 4.78 is 0. The molecule has 0 fully saturated rings. The van der Waals surface area contributed by atoms with Crippen molar-refractivity contribution < 1.29 is 0 Å². The van der Waals surface area contributed by atoms with Crippen molar-refractivity contribution in [3.63, 3.8) is 0 Å². The highest BCUT2D eigenvalue weighted by atomic mass is 14.6. The molecule has 1 heteroatoms. The first-order valence-electron chi connectivity index (χ1n) is 6.01. The predicted octanol–water partition coefficient (Wildman–Crippen LogP) is 4.34. The van der Waals surface area contributed by atoms with Gasteiger partial charge in [0.25, 0.3) is 0 Å². The molecular weight excluding hydrogens is 206 g/mol. The summed E-state index contributed by atoms with van der Waals surface area (Å²) in [5.74, 6) is 0. The molecule has 0 N–H and O–H groups in total. The van der Waals surface area contributed by atoms with Crippen LogP contribution in [-0.4, -0.2) is 4.98 Å². The van der Waals surface area contributed by atoms with Crippen molar-refractivity contribution in [2.24, 2.45) is 0 Å². The third-order valence-electron chi connectivity index (χ3n) is 2.88. The van der Waals surface area contributed by atoms with Crippen molar-refractivity contribution in [3.8, 4) is 11.1 Å². The molecule has 0 aliphatic rings. The van der Waals surface area contributed by atoms with Gasteiger partial charge in [0, 0.05) is 12.4 Å². The van der Waals surface area contributed by atoms with E-state index in [9.17, 15) is 0 Å². The molecule has 1 aromatic carbocycles. The lowest BCUT2D eigenvalue weighted by Crippen LogP contribution is -1.90. The molecule has 0 bridgehead atoms. The molecule has 0 saturated carbocycles. The quantitative estimate of drug-likeness (QED) is 0.751. The molecule has 17 heavy (non-hydrogen) atoms. The van der Waals surface area contributed by atoms with E-state index in [1.165, 1.54) is 22.3 Å². The van der Waals surface area contributed by atoms with Crippen LogP contribution in [0.1, 0.15) is 24.5 Å². The molecular formula is C16H17N. The Balaban J connectivity index is 2.43. The number of aryl methyl sites for hydroxylation is 1. The minimum atomic E-state index is 1.09. The van der Waals surface area contributed by atoms with Gasteiger partial charge >= 0.3 is 0 Å². The second-order valence-electron chi connectivity index (χ2n) is 4.11. The van der Waals surface area contributed by atoms with Gasteiger partial charge in [0.05, 0.1) is 0 Å². The zero-order valence-electron chi connectivity index (χ0n) is 10.2. The average molecular weight is 223 g/mol. The van der Waals surface area contributed by atoms with Crippen molar-refractivity contribution in [2.75, 3.05) is 0 Å². The van der Waals surface area contributed by atoms with Crippen LogP contribution in [0.15, 0.2) is 49.3 Å². The van der Waals surface area contributed by atoms with Crippen molar-refractivity contribution >= 4 is 6.08 Å². The van der Waals surface area contributed by atoms with Gasteiger partial charge in [-0.1, -0.05) is 50.3 Å². The lowest BCUT2D eigenvalue weighted by Gasteiger charge is -2.08. The molecule has 0 aliphatic heterocycles. The zero-order chi connectivity index (χ0) is 12.1. The summed E-state index contributed by atoms with van der Waals surface area (Å²) in [6.45, 7) is 6.06. The van der Waals surface area contributed by atoms with Gasteiger partial charge in [-0.2, -0.15) is 0 Å². The van der Waals surface area contributed by atoms with Crippen molar-refractivity contribution in [3.05, 3.63) is 60.4 Å². The molecule has 0 atom stereocenters. The number of aromatic nitrogens is 1. The van der Waals surface area contributed by atoms with Gasteiger partial charge < -0.3 is 0 Å². The Morgan fingerprint density at radius 2 is 2.12 bits per heavy atom. The van der Waals surface area contributed by atoms with Crippen LogP contribution in [0.25, 0.3) is 17.2 Å². The van der Waals surface area contributed by atoms with E-state index in [-0.39, 0.29) is 0 Å². The van der Waals surface area contributed by atoms with Crippen molar-refractivity contribution in [1.82, 2.24) is 4.98 Å². The lowest BCUT2D eigenvalue weighted by atomic mass is 9.97. The minimum Gasteiger partial charge on any atom is -0.264 e. The predicted molar refractivity (Wildman–Crippen MR) is 73.8 cm³/mol. The zero-order valence-corrected chi connectivity index (χ0v) is 10.2. The number of nitrogens with zero attached hydrogens (tertiary/aromatic N) is 1. The van der Waals surface area contributed by atoms with Crippen LogP contribution in [0.2, 0.25) is 0 Å². The summed E-state index contributed by atoms with van der Waals surface area (Å²) in [6.07, 6.45) is 7.87. The van der Waals surface area contributed by atoms with E-state index in [4.69, 9.17) is 0 Å². The van der Waals surface area contributed by atoms with Gasteiger partial charge in [0.2, 0.25) is 0 Å². The highest BCUT2D eigenvalue weighted by molar-refractivity contribution is 5.66. The Kier molecular flexibility index (Phi) is 3.71. The fraction of sp³-hybridized carbons (Fsp3) is 0.188. The van der Waals surface area contributed by atoms with Crippen molar-refractivity contribution in [1.29, 1.82) is 0 Å². The third kappa shape index (κ3) is 2.62. The minimum absolute atomic E-state index is 1.09. The topological polar surface area (TPSA) is 12.9 Å². The van der Waals surface area contributed by atoms with E-state index >= 15 is 0 Å². The Morgan fingerprint density at radius 1 is 1.24 bits per heavy atom. The van der Waals surface area contributed by atoms with E-state index in [2.05, 4.69) is 42.8 Å². The van der Waals surface area contributed by atoms with E-state index < -0.39 is 0 Å². The Bertz CT molecular complexity index is 500. The summed E-state index contributed by atoms with van der Waals surface area (Å²) in [6, 6.07) is 10.6. The molecule has 0 radical (unpaired) electrons. The van der Waals surface area contributed by atoms with Gasteiger partial charge in [-0.15, -0.1) is 0 Å². The van der Waals surface area contributed by atoms with Crippen LogP contribution in [0.5, 0.6) is 0 Å². The molecule has 2 aromatic rings. The number of hydrogen-bond acceptors (Lipinski definition) is 1. The first-order chi connectivity index (χ1) is 8.35. The normalized spacial score (nSPS) is 10.2. The summed E-state index contributed by atoms with van der Waals surface area (Å²) in [4.78, 5) is 4.16. The summed E-state index contributed by atoms with van der Waals surface area (Å²) >= 11 is 0. The molecule has 0 unspecified atom stereocenters. The highest BCUT2D eigenvalue weighted by Gasteiger charge is 2.02. The van der Waals surface area contributed by atoms with E-state index in [1.54, 1.807) is 6.20 Å². The Morgan fingerprint density at radius 3 is 2.76 bits per heavy atom. The van der Waals surface area contributed by atoms with E-state index in [0.29, 0.717) is 0 Å². The van der Waals surface area contributed by atoms with Crippen LogP contribution >= 0.6 is 0 Å². The standard InChI is InChI=1S/C16H17N/c1-3-6-14-11-15(9-8-13(14)4-2)16-7-5-10-17-12-16/h4-5,7-12H,2-3,6H2,1H3. The van der Waals surface area contributed by atoms with Crippen molar-refractivity contribution in [2.45, 2.75) is 19.8 Å². The molecule has 0 spiro atoms. The SMILES string of the molecule is C=Cc1ccc(-c2cccnc2)cc1CCC. The summed E-state index contributed by atoms with van der Waals surface area (Å²) in [5, 5.41) is 0. The van der Waals surface area contributed by atoms with Crippen LogP contribution < -0.4 is 0 Å². The first kappa shape index (κ1) is 11.6. The fourth-order valence-corrected chi connectivity index (χ4v) is 2.00. The first-order valence-corrected chi connectivity index (χ1v) is 6.01. The molecule has 0 aliphatic carbocycles. The number of rotatable bonds is 4. The maximum Gasteiger partial charge on any atom is 0.0346 e. The number of hydrogen-bond donors (Lipinski definition) is 0.